The van der Waals surface area contributed by atoms with Gasteiger partial charge in [-0.25, -0.2) is 0 Å². The summed E-state index contributed by atoms with van der Waals surface area (Å²) in [6.45, 7) is 0.789. The molecule has 2 heterocycles. The van der Waals surface area contributed by atoms with Gasteiger partial charge in [0.05, 0.1) is 11.3 Å². The first kappa shape index (κ1) is 13.0. The first-order valence-corrected chi connectivity index (χ1v) is 6.73. The predicted octanol–water partition coefficient (Wildman–Crippen LogP) is 0.672. The number of rotatable bonds is 4. The van der Waals surface area contributed by atoms with Gasteiger partial charge in [0.25, 0.3) is 5.91 Å². The van der Waals surface area contributed by atoms with Crippen molar-refractivity contribution in [3.8, 4) is 0 Å². The number of nitrogens with one attached hydrogen (secondary N) is 1. The molecule has 0 radical (unpaired) electrons. The van der Waals surface area contributed by atoms with Crippen molar-refractivity contribution in [3.63, 3.8) is 0 Å². The van der Waals surface area contributed by atoms with Gasteiger partial charge in [0, 0.05) is 25.5 Å². The standard InChI is InChI=1S/C11H11N3O2S2/c15-9-7-18-11(17)14(9)5-4-13-10(16)8-2-1-3-12-6-8/h1-3,6H,4-5,7H2,(H,13,16). The quantitative estimate of drug-likeness (QED) is 0.822. The average molecular weight is 281 g/mol. The van der Waals surface area contributed by atoms with E-state index in [9.17, 15) is 9.59 Å². The SMILES string of the molecule is O=C(NCCN1C(=O)CSC1=S)c1cccnc1. The van der Waals surface area contributed by atoms with E-state index in [0.717, 1.165) is 0 Å². The number of carbonyl (C=O) groups excluding carboxylic acids is 2. The molecule has 1 aliphatic rings. The fourth-order valence-corrected chi connectivity index (χ4v) is 2.60. The lowest BCUT2D eigenvalue weighted by Crippen LogP contribution is -2.37. The summed E-state index contributed by atoms with van der Waals surface area (Å²) < 4.78 is 0.579. The van der Waals surface area contributed by atoms with Crippen LogP contribution in [0.1, 0.15) is 10.4 Å². The molecular weight excluding hydrogens is 270 g/mol. The van der Waals surface area contributed by atoms with Crippen LogP contribution >= 0.6 is 24.0 Å². The average Bonchev–Trinajstić information content (AvgIpc) is 2.71. The van der Waals surface area contributed by atoms with Crippen molar-refractivity contribution >= 4 is 40.1 Å². The Morgan fingerprint density at radius 1 is 1.61 bits per heavy atom. The number of amides is 2. The third-order valence-electron chi connectivity index (χ3n) is 2.39. The van der Waals surface area contributed by atoms with E-state index >= 15 is 0 Å². The Morgan fingerprint density at radius 3 is 3.06 bits per heavy atom. The second-order valence-corrected chi connectivity index (χ2v) is 5.21. The molecule has 1 aliphatic heterocycles. The number of hydrogen-bond donors (Lipinski definition) is 1. The van der Waals surface area contributed by atoms with E-state index in [2.05, 4.69) is 10.3 Å². The van der Waals surface area contributed by atoms with Crippen molar-refractivity contribution in [2.45, 2.75) is 0 Å². The van der Waals surface area contributed by atoms with Gasteiger partial charge in [0.2, 0.25) is 5.91 Å². The van der Waals surface area contributed by atoms with Crippen LogP contribution in [0.5, 0.6) is 0 Å². The Balaban J connectivity index is 1.81. The molecule has 1 fully saturated rings. The monoisotopic (exact) mass is 281 g/mol. The van der Waals surface area contributed by atoms with E-state index < -0.39 is 0 Å². The second kappa shape index (κ2) is 5.92. The topological polar surface area (TPSA) is 62.3 Å². The van der Waals surface area contributed by atoms with Crippen molar-refractivity contribution in [3.05, 3.63) is 30.1 Å². The summed E-state index contributed by atoms with van der Waals surface area (Å²) in [5.74, 6) is 0.198. The van der Waals surface area contributed by atoms with E-state index in [1.807, 2.05) is 0 Å². The molecule has 5 nitrogen and oxygen atoms in total. The third kappa shape index (κ3) is 3.05. The largest absolute Gasteiger partial charge is 0.350 e. The highest BCUT2D eigenvalue weighted by molar-refractivity contribution is 8.23. The maximum absolute atomic E-state index is 11.7. The molecular formula is C11H11N3O2S2. The molecule has 0 atom stereocenters. The molecule has 7 heteroatoms. The highest BCUT2D eigenvalue weighted by atomic mass is 32.2. The lowest BCUT2D eigenvalue weighted by molar-refractivity contribution is -0.123. The van der Waals surface area contributed by atoms with Gasteiger partial charge in [-0.2, -0.15) is 0 Å². The molecule has 94 valence electrons. The summed E-state index contributed by atoms with van der Waals surface area (Å²) >= 11 is 6.39. The van der Waals surface area contributed by atoms with E-state index in [1.54, 1.807) is 18.3 Å². The predicted molar refractivity (Wildman–Crippen MR) is 73.3 cm³/mol. The zero-order valence-corrected chi connectivity index (χ0v) is 11.1. The minimum atomic E-state index is -0.201. The Hall–Kier alpha value is -1.47. The van der Waals surface area contributed by atoms with Crippen LogP contribution in [-0.2, 0) is 4.79 Å². The lowest BCUT2D eigenvalue weighted by atomic mass is 10.3. The van der Waals surface area contributed by atoms with Crippen LogP contribution < -0.4 is 5.32 Å². The van der Waals surface area contributed by atoms with Crippen molar-refractivity contribution in [1.29, 1.82) is 0 Å². The minimum Gasteiger partial charge on any atom is -0.350 e. The van der Waals surface area contributed by atoms with Crippen LogP contribution in [0.4, 0.5) is 0 Å². The first-order valence-electron chi connectivity index (χ1n) is 5.34. The normalized spacial score (nSPS) is 15.0. The van der Waals surface area contributed by atoms with E-state index in [1.165, 1.54) is 22.9 Å². The smallest absolute Gasteiger partial charge is 0.252 e. The van der Waals surface area contributed by atoms with E-state index in [0.29, 0.717) is 28.7 Å². The lowest BCUT2D eigenvalue weighted by Gasteiger charge is -2.14. The van der Waals surface area contributed by atoms with E-state index in [4.69, 9.17) is 12.2 Å². The Bertz CT molecular complexity index is 462. The molecule has 1 aromatic heterocycles. The summed E-state index contributed by atoms with van der Waals surface area (Å²) in [4.78, 5) is 28.5. The molecule has 0 aromatic carbocycles. The molecule has 0 unspecified atom stereocenters. The summed E-state index contributed by atoms with van der Waals surface area (Å²) in [6, 6.07) is 3.38. The fourth-order valence-electron chi connectivity index (χ4n) is 1.48. The molecule has 2 rings (SSSR count). The maximum Gasteiger partial charge on any atom is 0.252 e. The van der Waals surface area contributed by atoms with Crippen molar-refractivity contribution in [1.82, 2.24) is 15.2 Å². The summed E-state index contributed by atoms with van der Waals surface area (Å²) in [5, 5.41) is 2.73. The van der Waals surface area contributed by atoms with Crippen molar-refractivity contribution < 1.29 is 9.59 Å². The van der Waals surface area contributed by atoms with Crippen LogP contribution in [0, 0.1) is 0 Å². The number of hydrogen-bond acceptors (Lipinski definition) is 5. The van der Waals surface area contributed by atoms with Gasteiger partial charge in [0.1, 0.15) is 4.32 Å². The number of thiocarbonyl (C=S) groups is 1. The zero-order chi connectivity index (χ0) is 13.0. The second-order valence-electron chi connectivity index (χ2n) is 3.60. The van der Waals surface area contributed by atoms with Crippen LogP contribution in [-0.4, -0.2) is 44.9 Å². The van der Waals surface area contributed by atoms with Crippen LogP contribution in [0.3, 0.4) is 0 Å². The highest BCUT2D eigenvalue weighted by Crippen LogP contribution is 2.18. The molecule has 2 amide bonds. The molecule has 1 N–H and O–H groups in total. The minimum absolute atomic E-state index is 0.000580. The summed E-state index contributed by atoms with van der Waals surface area (Å²) in [5.41, 5.74) is 0.502. The number of nitrogens with zero attached hydrogens (tertiary/aromatic N) is 2. The van der Waals surface area contributed by atoms with Gasteiger partial charge in [0.15, 0.2) is 0 Å². The van der Waals surface area contributed by atoms with Crippen molar-refractivity contribution in [2.24, 2.45) is 0 Å². The molecule has 1 saturated heterocycles. The summed E-state index contributed by atoms with van der Waals surface area (Å²) in [6.07, 6.45) is 3.10. The number of aromatic nitrogens is 1. The molecule has 1 aromatic rings. The Labute approximate surface area is 114 Å². The van der Waals surface area contributed by atoms with Gasteiger partial charge < -0.3 is 5.32 Å². The van der Waals surface area contributed by atoms with Crippen LogP contribution in [0.2, 0.25) is 0 Å². The molecule has 0 saturated carbocycles. The van der Waals surface area contributed by atoms with Gasteiger partial charge in [-0.15, -0.1) is 0 Å². The third-order valence-corrected chi connectivity index (χ3v) is 3.82. The van der Waals surface area contributed by atoms with Crippen LogP contribution in [0.15, 0.2) is 24.5 Å². The molecule has 18 heavy (non-hydrogen) atoms. The van der Waals surface area contributed by atoms with Gasteiger partial charge >= 0.3 is 0 Å². The Morgan fingerprint density at radius 2 is 2.44 bits per heavy atom. The zero-order valence-electron chi connectivity index (χ0n) is 9.46. The summed E-state index contributed by atoms with van der Waals surface area (Å²) in [7, 11) is 0. The first-order chi connectivity index (χ1) is 8.68. The highest BCUT2D eigenvalue weighted by Gasteiger charge is 2.25. The van der Waals surface area contributed by atoms with Crippen molar-refractivity contribution in [2.75, 3.05) is 18.8 Å². The molecule has 0 aliphatic carbocycles. The molecule has 0 bridgehead atoms. The number of carbonyl (C=O) groups is 2. The number of pyridine rings is 1. The van der Waals surface area contributed by atoms with Gasteiger partial charge in [-0.1, -0.05) is 24.0 Å². The van der Waals surface area contributed by atoms with Gasteiger partial charge in [-0.3, -0.25) is 19.5 Å². The van der Waals surface area contributed by atoms with E-state index in [-0.39, 0.29) is 11.8 Å². The van der Waals surface area contributed by atoms with Crippen LogP contribution in [0.25, 0.3) is 0 Å². The maximum atomic E-state index is 11.7. The fraction of sp³-hybridized carbons (Fsp3) is 0.273. The number of thioether (sulfide) groups is 1. The Kier molecular flexibility index (Phi) is 4.27. The molecule has 0 spiro atoms. The van der Waals surface area contributed by atoms with Gasteiger partial charge in [-0.05, 0) is 12.1 Å².